The van der Waals surface area contributed by atoms with E-state index in [-0.39, 0.29) is 29.6 Å². The predicted octanol–water partition coefficient (Wildman–Crippen LogP) is 5.63. The van der Waals surface area contributed by atoms with Crippen LogP contribution in [0.2, 0.25) is 5.02 Å². The van der Waals surface area contributed by atoms with Gasteiger partial charge < -0.3 is 5.32 Å². The van der Waals surface area contributed by atoms with Crippen LogP contribution in [0.4, 0.5) is 32.0 Å². The first-order valence-electron chi connectivity index (χ1n) is 11.8. The highest BCUT2D eigenvalue weighted by Crippen LogP contribution is 2.38. The fourth-order valence-corrected chi connectivity index (χ4v) is 6.76. The minimum Gasteiger partial charge on any atom is -0.325 e. The van der Waals surface area contributed by atoms with Crippen LogP contribution in [0.1, 0.15) is 36.8 Å². The van der Waals surface area contributed by atoms with Gasteiger partial charge in [0.1, 0.15) is 0 Å². The Labute approximate surface area is 220 Å². The molecular weight excluding hydrogens is 560 g/mol. The molecule has 1 saturated heterocycles. The van der Waals surface area contributed by atoms with E-state index in [0.29, 0.717) is 43.1 Å². The van der Waals surface area contributed by atoms with Gasteiger partial charge in [0, 0.05) is 35.9 Å². The fourth-order valence-electron chi connectivity index (χ4n) is 4.53. The van der Waals surface area contributed by atoms with Gasteiger partial charge in [-0.15, -0.1) is 0 Å². The van der Waals surface area contributed by atoms with E-state index in [2.05, 4.69) is 5.32 Å². The minimum atomic E-state index is -5.03. The molecule has 0 spiro atoms. The molecule has 0 aromatic heterocycles. The number of carbonyl (C=O) groups is 1. The average Bonchev–Trinajstić information content (AvgIpc) is 3.64. The number of benzene rings is 2. The van der Waals surface area contributed by atoms with Crippen molar-refractivity contribution in [3.05, 3.63) is 58.6 Å². The van der Waals surface area contributed by atoms with E-state index in [1.807, 2.05) is 0 Å². The SMILES string of the molecule is O=C(CN1CCC(N(C2CC2)S(=O)(=O)c2cccc(Cl)c2)CC1)Nc1cc(C(F)(F)F)cc(C(F)(F)F)c1. The van der Waals surface area contributed by atoms with Crippen molar-refractivity contribution in [1.82, 2.24) is 9.21 Å². The molecule has 2 aromatic rings. The minimum absolute atomic E-state index is 0.0104. The normalized spacial score (nSPS) is 18.1. The number of nitrogens with zero attached hydrogens (tertiary/aromatic N) is 2. The maximum atomic E-state index is 13.4. The zero-order valence-electron chi connectivity index (χ0n) is 19.8. The first-order valence-corrected chi connectivity index (χ1v) is 13.6. The molecule has 0 radical (unpaired) electrons. The Morgan fingerprint density at radius 2 is 1.47 bits per heavy atom. The van der Waals surface area contributed by atoms with Crippen LogP contribution < -0.4 is 5.32 Å². The summed E-state index contributed by atoms with van der Waals surface area (Å²) in [4.78, 5) is 14.3. The molecule has 1 N–H and O–H groups in total. The van der Waals surface area contributed by atoms with Crippen LogP contribution in [0.15, 0.2) is 47.4 Å². The number of sulfonamides is 1. The first kappa shape index (κ1) is 28.7. The highest BCUT2D eigenvalue weighted by atomic mass is 35.5. The van der Waals surface area contributed by atoms with Gasteiger partial charge in [-0.1, -0.05) is 17.7 Å². The summed E-state index contributed by atoms with van der Waals surface area (Å²) < 4.78 is 107. The van der Waals surface area contributed by atoms with Crippen molar-refractivity contribution >= 4 is 33.2 Å². The maximum Gasteiger partial charge on any atom is 0.416 e. The van der Waals surface area contributed by atoms with E-state index in [4.69, 9.17) is 11.6 Å². The van der Waals surface area contributed by atoms with E-state index in [9.17, 15) is 39.6 Å². The largest absolute Gasteiger partial charge is 0.416 e. The van der Waals surface area contributed by atoms with Crippen LogP contribution in [0.3, 0.4) is 0 Å². The lowest BCUT2D eigenvalue weighted by Gasteiger charge is -2.37. The van der Waals surface area contributed by atoms with Gasteiger partial charge >= 0.3 is 12.4 Å². The highest BCUT2D eigenvalue weighted by molar-refractivity contribution is 7.89. The van der Waals surface area contributed by atoms with Crippen molar-refractivity contribution in [2.45, 2.75) is 55.0 Å². The Morgan fingerprint density at radius 3 is 1.97 bits per heavy atom. The molecule has 1 heterocycles. The van der Waals surface area contributed by atoms with E-state index in [1.54, 1.807) is 17.0 Å². The summed E-state index contributed by atoms with van der Waals surface area (Å²) >= 11 is 5.99. The second-order valence-electron chi connectivity index (χ2n) is 9.37. The lowest BCUT2D eigenvalue weighted by Crippen LogP contribution is -2.49. The monoisotopic (exact) mass is 583 g/mol. The molecule has 2 aliphatic rings. The molecule has 4 rings (SSSR count). The van der Waals surface area contributed by atoms with Gasteiger partial charge in [0.2, 0.25) is 15.9 Å². The summed E-state index contributed by atoms with van der Waals surface area (Å²) in [5.74, 6) is -0.776. The summed E-state index contributed by atoms with van der Waals surface area (Å²) in [5, 5.41) is 2.43. The van der Waals surface area contributed by atoms with Gasteiger partial charge in [-0.25, -0.2) is 8.42 Å². The maximum absolute atomic E-state index is 13.4. The predicted molar refractivity (Wildman–Crippen MR) is 128 cm³/mol. The molecular formula is C24H24ClF6N3O3S. The van der Waals surface area contributed by atoms with Gasteiger partial charge in [0.05, 0.1) is 22.6 Å². The number of likely N-dealkylation sites (tertiary alicyclic amines) is 1. The third kappa shape index (κ3) is 6.80. The van der Waals surface area contributed by atoms with Crippen LogP contribution in [0.25, 0.3) is 0 Å². The molecule has 14 heteroatoms. The number of alkyl halides is 6. The molecule has 1 amide bonds. The third-order valence-electron chi connectivity index (χ3n) is 6.43. The quantitative estimate of drug-likeness (QED) is 0.429. The van der Waals surface area contributed by atoms with Gasteiger partial charge in [-0.3, -0.25) is 9.69 Å². The van der Waals surface area contributed by atoms with E-state index in [1.165, 1.54) is 16.4 Å². The summed E-state index contributed by atoms with van der Waals surface area (Å²) in [7, 11) is -3.81. The lowest BCUT2D eigenvalue weighted by molar-refractivity contribution is -0.143. The van der Waals surface area contributed by atoms with Crippen LogP contribution in [0.5, 0.6) is 0 Å². The van der Waals surface area contributed by atoms with Crippen LogP contribution in [-0.4, -0.2) is 55.2 Å². The third-order valence-corrected chi connectivity index (χ3v) is 8.67. The van der Waals surface area contributed by atoms with Crippen molar-refractivity contribution in [3.63, 3.8) is 0 Å². The van der Waals surface area contributed by atoms with E-state index >= 15 is 0 Å². The lowest BCUT2D eigenvalue weighted by atomic mass is 10.0. The van der Waals surface area contributed by atoms with Crippen molar-refractivity contribution < 1.29 is 39.6 Å². The number of anilines is 1. The van der Waals surface area contributed by atoms with Crippen molar-refractivity contribution in [3.8, 4) is 0 Å². The highest BCUT2D eigenvalue weighted by Gasteiger charge is 2.43. The molecule has 1 aliphatic carbocycles. The number of amides is 1. The van der Waals surface area contributed by atoms with Crippen molar-refractivity contribution in [2.75, 3.05) is 25.0 Å². The van der Waals surface area contributed by atoms with Crippen molar-refractivity contribution in [2.24, 2.45) is 0 Å². The van der Waals surface area contributed by atoms with E-state index < -0.39 is 45.1 Å². The number of piperidine rings is 1. The average molecular weight is 584 g/mol. The number of hydrogen-bond acceptors (Lipinski definition) is 4. The first-order chi connectivity index (χ1) is 17.6. The summed E-state index contributed by atoms with van der Waals surface area (Å²) in [6.07, 6.45) is -7.77. The summed E-state index contributed by atoms with van der Waals surface area (Å²) in [6, 6.07) is 6.46. The molecule has 0 unspecified atom stereocenters. The molecule has 2 fully saturated rings. The Hall–Kier alpha value is -2.35. The molecule has 38 heavy (non-hydrogen) atoms. The molecule has 2 aromatic carbocycles. The molecule has 1 aliphatic heterocycles. The van der Waals surface area contributed by atoms with Gasteiger partial charge in [-0.2, -0.15) is 30.6 Å². The second-order valence-corrected chi connectivity index (χ2v) is 11.7. The smallest absolute Gasteiger partial charge is 0.325 e. The Kier molecular flexibility index (Phi) is 8.04. The van der Waals surface area contributed by atoms with Crippen LogP contribution >= 0.6 is 11.6 Å². The summed E-state index contributed by atoms with van der Waals surface area (Å²) in [6.45, 7) is 0.375. The molecule has 208 valence electrons. The standard InChI is InChI=1S/C24H24ClF6N3O3S/c25-17-2-1-3-21(13-17)38(36,37)34(19-4-5-19)20-6-8-33(9-7-20)14-22(35)32-18-11-15(23(26,27)28)10-16(12-18)24(29,30)31/h1-3,10-13,19-20H,4-9,14H2,(H,32,35). The Bertz CT molecular complexity index is 1260. The number of rotatable bonds is 7. The number of nitrogens with one attached hydrogen (secondary N) is 1. The molecule has 0 atom stereocenters. The molecule has 0 bridgehead atoms. The number of carbonyl (C=O) groups excluding carboxylic acids is 1. The zero-order valence-corrected chi connectivity index (χ0v) is 21.4. The molecule has 6 nitrogen and oxygen atoms in total. The molecule has 1 saturated carbocycles. The van der Waals surface area contributed by atoms with Gasteiger partial charge in [0.25, 0.3) is 0 Å². The number of hydrogen-bond donors (Lipinski definition) is 1. The van der Waals surface area contributed by atoms with Crippen LogP contribution in [-0.2, 0) is 27.2 Å². The summed E-state index contributed by atoms with van der Waals surface area (Å²) in [5.41, 5.74) is -3.66. The topological polar surface area (TPSA) is 69.7 Å². The van der Waals surface area contributed by atoms with E-state index in [0.717, 1.165) is 12.8 Å². The second kappa shape index (κ2) is 10.7. The van der Waals surface area contributed by atoms with Gasteiger partial charge in [0.15, 0.2) is 0 Å². The zero-order chi connectivity index (χ0) is 27.9. The Morgan fingerprint density at radius 1 is 0.921 bits per heavy atom. The van der Waals surface area contributed by atoms with Gasteiger partial charge in [-0.05, 0) is 62.1 Å². The van der Waals surface area contributed by atoms with Crippen LogP contribution in [0, 0.1) is 0 Å². The fraction of sp³-hybridized carbons (Fsp3) is 0.458. The number of halogens is 7. The Balaban J connectivity index is 1.40. The van der Waals surface area contributed by atoms with Crippen molar-refractivity contribution in [1.29, 1.82) is 0 Å².